The first kappa shape index (κ1) is 22.8. The molecule has 33 heavy (non-hydrogen) atoms. The van der Waals surface area contributed by atoms with Crippen LogP contribution in [0.25, 0.3) is 0 Å². The zero-order valence-electron chi connectivity index (χ0n) is 19.4. The van der Waals surface area contributed by atoms with Crippen molar-refractivity contribution in [2.24, 2.45) is 5.92 Å². The predicted octanol–water partition coefficient (Wildman–Crippen LogP) is 2.33. The summed E-state index contributed by atoms with van der Waals surface area (Å²) in [7, 11) is -3.55. The van der Waals surface area contributed by atoms with E-state index in [1.165, 1.54) is 21.2 Å². The number of benzene rings is 1. The molecule has 0 bridgehead atoms. The van der Waals surface area contributed by atoms with Gasteiger partial charge < -0.3 is 5.32 Å². The van der Waals surface area contributed by atoms with Gasteiger partial charge in [0, 0.05) is 26.2 Å². The van der Waals surface area contributed by atoms with E-state index in [9.17, 15) is 18.0 Å². The van der Waals surface area contributed by atoms with Gasteiger partial charge in [0.2, 0.25) is 10.0 Å². The number of fused-ring (bicyclic) bond motifs is 1. The molecule has 2 saturated heterocycles. The predicted molar refractivity (Wildman–Crippen MR) is 124 cm³/mol. The molecule has 8 nitrogen and oxygen atoms in total. The first-order chi connectivity index (χ1) is 15.8. The third-order valence-electron chi connectivity index (χ3n) is 8.13. The Morgan fingerprint density at radius 3 is 2.45 bits per heavy atom. The molecule has 1 spiro atoms. The third-order valence-corrected chi connectivity index (χ3v) is 10.0. The van der Waals surface area contributed by atoms with Gasteiger partial charge in [-0.05, 0) is 67.7 Å². The number of amides is 3. The monoisotopic (exact) mass is 474 g/mol. The van der Waals surface area contributed by atoms with Crippen LogP contribution in [-0.2, 0) is 27.7 Å². The third kappa shape index (κ3) is 3.98. The molecule has 2 atom stereocenters. The topological polar surface area (TPSA) is 90.0 Å². The van der Waals surface area contributed by atoms with Crippen molar-refractivity contribution in [3.63, 3.8) is 0 Å². The highest BCUT2D eigenvalue weighted by molar-refractivity contribution is 7.89. The highest BCUT2D eigenvalue weighted by Gasteiger charge is 2.55. The van der Waals surface area contributed by atoms with E-state index in [0.29, 0.717) is 37.5 Å². The summed E-state index contributed by atoms with van der Waals surface area (Å²) >= 11 is 0. The van der Waals surface area contributed by atoms with Crippen molar-refractivity contribution in [2.75, 3.05) is 32.8 Å². The molecule has 0 radical (unpaired) electrons. The number of nitrogens with zero attached hydrogens (tertiary/aromatic N) is 3. The van der Waals surface area contributed by atoms with Gasteiger partial charge in [-0.15, -0.1) is 0 Å². The summed E-state index contributed by atoms with van der Waals surface area (Å²) in [4.78, 5) is 29.6. The summed E-state index contributed by atoms with van der Waals surface area (Å²) in [6, 6.07) is 5.24. The van der Waals surface area contributed by atoms with Gasteiger partial charge in [0.1, 0.15) is 5.54 Å². The van der Waals surface area contributed by atoms with Crippen LogP contribution >= 0.6 is 0 Å². The van der Waals surface area contributed by atoms with Gasteiger partial charge in [0.15, 0.2) is 0 Å². The normalized spacial score (nSPS) is 29.4. The molecule has 1 aromatic carbocycles. The Balaban J connectivity index is 1.22. The number of nitrogens with one attached hydrogen (secondary N) is 1. The van der Waals surface area contributed by atoms with Crippen molar-refractivity contribution < 1.29 is 18.0 Å². The van der Waals surface area contributed by atoms with E-state index in [2.05, 4.69) is 5.32 Å². The lowest BCUT2D eigenvalue weighted by atomic mass is 9.73. The van der Waals surface area contributed by atoms with Gasteiger partial charge in [-0.1, -0.05) is 25.8 Å². The lowest BCUT2D eigenvalue weighted by Crippen LogP contribution is -2.55. The maximum absolute atomic E-state index is 13.2. The molecule has 3 fully saturated rings. The molecule has 2 aliphatic carbocycles. The van der Waals surface area contributed by atoms with E-state index < -0.39 is 15.6 Å². The minimum absolute atomic E-state index is 0.121. The molecule has 0 aromatic heterocycles. The van der Waals surface area contributed by atoms with Gasteiger partial charge in [-0.2, -0.15) is 4.31 Å². The molecule has 0 unspecified atom stereocenters. The quantitative estimate of drug-likeness (QED) is 0.677. The van der Waals surface area contributed by atoms with Crippen molar-refractivity contribution in [2.45, 2.75) is 68.7 Å². The highest BCUT2D eigenvalue weighted by Crippen LogP contribution is 2.38. The lowest BCUT2D eigenvalue weighted by Gasteiger charge is -2.38. The lowest BCUT2D eigenvalue weighted by molar-refractivity contribution is -0.135. The molecule has 2 aliphatic heterocycles. The number of rotatable bonds is 4. The smallest absolute Gasteiger partial charge is 0.323 e. The molecule has 180 valence electrons. The van der Waals surface area contributed by atoms with Crippen LogP contribution in [0.3, 0.4) is 0 Å². The second kappa shape index (κ2) is 8.67. The van der Waals surface area contributed by atoms with Gasteiger partial charge in [-0.3, -0.25) is 9.69 Å². The Hall–Kier alpha value is -1.97. The number of carbonyl (C=O) groups is 2. The summed E-state index contributed by atoms with van der Waals surface area (Å²) in [6.45, 7) is 3.94. The molecular weight excluding hydrogens is 440 g/mol. The van der Waals surface area contributed by atoms with Crippen LogP contribution in [0, 0.1) is 5.92 Å². The summed E-state index contributed by atoms with van der Waals surface area (Å²) in [5, 5.41) is 2.99. The van der Waals surface area contributed by atoms with Gasteiger partial charge in [0.25, 0.3) is 5.91 Å². The van der Waals surface area contributed by atoms with Crippen LogP contribution in [-0.4, -0.2) is 72.8 Å². The maximum Gasteiger partial charge on any atom is 0.326 e. The first-order valence-electron chi connectivity index (χ1n) is 12.3. The minimum Gasteiger partial charge on any atom is -0.323 e. The Morgan fingerprint density at radius 2 is 1.73 bits per heavy atom. The van der Waals surface area contributed by atoms with E-state index in [1.807, 2.05) is 24.0 Å². The fourth-order valence-corrected chi connectivity index (χ4v) is 7.43. The van der Waals surface area contributed by atoms with E-state index in [4.69, 9.17) is 0 Å². The fourth-order valence-electron chi connectivity index (χ4n) is 5.95. The highest BCUT2D eigenvalue weighted by atomic mass is 32.2. The number of sulfonamides is 1. The molecule has 9 heteroatoms. The zero-order chi connectivity index (χ0) is 23.2. The molecule has 5 rings (SSSR count). The van der Waals surface area contributed by atoms with Gasteiger partial charge in [0.05, 0.1) is 11.6 Å². The fraction of sp³-hybridized carbons (Fsp3) is 0.667. The Bertz CT molecular complexity index is 1050. The largest absolute Gasteiger partial charge is 0.326 e. The van der Waals surface area contributed by atoms with Crippen molar-refractivity contribution in [1.29, 1.82) is 0 Å². The molecule has 2 heterocycles. The Labute approximate surface area is 196 Å². The second-order valence-corrected chi connectivity index (χ2v) is 12.0. The molecular formula is C24H34N4O4S. The van der Waals surface area contributed by atoms with Crippen molar-refractivity contribution >= 4 is 22.0 Å². The second-order valence-electron chi connectivity index (χ2n) is 10.1. The zero-order valence-corrected chi connectivity index (χ0v) is 20.2. The summed E-state index contributed by atoms with van der Waals surface area (Å²) < 4.78 is 28.0. The van der Waals surface area contributed by atoms with Crippen LogP contribution in [0.15, 0.2) is 23.1 Å². The number of aryl methyl sites for hydroxylation is 2. The SMILES string of the molecule is C[C@@H]1CCCC[C@]12NC(=O)N(CN1CCN(S(=O)(=O)c3ccc4c(c3)CCCC4)CC1)C2=O. The Morgan fingerprint density at radius 1 is 1.00 bits per heavy atom. The average Bonchev–Trinajstić information content (AvgIpc) is 3.06. The first-order valence-corrected chi connectivity index (χ1v) is 13.7. The maximum atomic E-state index is 13.2. The number of hydrogen-bond acceptors (Lipinski definition) is 5. The van der Waals surface area contributed by atoms with E-state index in [0.717, 1.165) is 44.1 Å². The van der Waals surface area contributed by atoms with Crippen LogP contribution in [0.4, 0.5) is 4.79 Å². The van der Waals surface area contributed by atoms with Crippen LogP contribution in [0.1, 0.15) is 56.6 Å². The van der Waals surface area contributed by atoms with Gasteiger partial charge in [-0.25, -0.2) is 18.1 Å². The summed E-state index contributed by atoms with van der Waals surface area (Å²) in [5.41, 5.74) is 1.67. The van der Waals surface area contributed by atoms with Crippen LogP contribution in [0.2, 0.25) is 0 Å². The average molecular weight is 475 g/mol. The van der Waals surface area contributed by atoms with E-state index >= 15 is 0 Å². The summed E-state index contributed by atoms with van der Waals surface area (Å²) in [6.07, 6.45) is 7.92. The molecule has 1 N–H and O–H groups in total. The molecule has 4 aliphatic rings. The number of urea groups is 1. The van der Waals surface area contributed by atoms with Crippen LogP contribution in [0.5, 0.6) is 0 Å². The van der Waals surface area contributed by atoms with Crippen molar-refractivity contribution in [3.8, 4) is 0 Å². The summed E-state index contributed by atoms with van der Waals surface area (Å²) in [5.74, 6) is 0.00937. The number of carbonyl (C=O) groups excluding carboxylic acids is 2. The molecule has 1 aromatic rings. The van der Waals surface area contributed by atoms with Crippen molar-refractivity contribution in [3.05, 3.63) is 29.3 Å². The standard InChI is InChI=1S/C24H34N4O4S/c1-18-6-4-5-11-24(18)22(29)28(23(30)25-24)17-26-12-14-27(15-13-26)33(31,32)21-10-9-19-7-2-3-8-20(19)16-21/h9-10,16,18H,2-8,11-15,17H2,1H3,(H,25,30)/t18-,24+/m1/s1. The molecule has 3 amide bonds. The van der Waals surface area contributed by atoms with E-state index in [-0.39, 0.29) is 24.5 Å². The van der Waals surface area contributed by atoms with Gasteiger partial charge >= 0.3 is 6.03 Å². The molecule has 1 saturated carbocycles. The number of hydrogen-bond donors (Lipinski definition) is 1. The van der Waals surface area contributed by atoms with Crippen molar-refractivity contribution in [1.82, 2.24) is 19.4 Å². The minimum atomic E-state index is -3.55. The van der Waals surface area contributed by atoms with E-state index in [1.54, 1.807) is 6.07 Å². The Kier molecular flexibility index (Phi) is 5.99. The number of piperazine rings is 1. The van der Waals surface area contributed by atoms with Crippen LogP contribution < -0.4 is 5.32 Å². The number of imide groups is 1.